The lowest BCUT2D eigenvalue weighted by Gasteiger charge is -2.43. The van der Waals surface area contributed by atoms with Crippen molar-refractivity contribution < 1.29 is 61.9 Å². The van der Waals surface area contributed by atoms with E-state index in [4.69, 9.17) is 18.9 Å². The van der Waals surface area contributed by atoms with Crippen LogP contribution >= 0.6 is 0 Å². The van der Waals surface area contributed by atoms with E-state index in [0.29, 0.717) is 88.2 Å². The third-order valence-corrected chi connectivity index (χ3v) is 18.4. The van der Waals surface area contributed by atoms with E-state index in [9.17, 15) is 42.9 Å². The molecule has 1 unspecified atom stereocenters. The number of Topliss-reactive ketones (excluding diaryl/α,β-unsaturated/α-hetero) is 2. The smallest absolute Gasteiger partial charge is 0.329 e. The lowest BCUT2D eigenvalue weighted by molar-refractivity contribution is -0.264. The fourth-order valence-corrected chi connectivity index (χ4v) is 13.1. The van der Waals surface area contributed by atoms with E-state index in [1.165, 1.54) is 16.3 Å². The minimum absolute atomic E-state index is 0.00548. The van der Waals surface area contributed by atoms with Gasteiger partial charge in [0.15, 0.2) is 5.78 Å². The van der Waals surface area contributed by atoms with Gasteiger partial charge in [-0.2, -0.15) is 4.31 Å². The third-order valence-electron chi connectivity index (χ3n) is 16.0. The zero-order valence-corrected chi connectivity index (χ0v) is 44.5. The summed E-state index contributed by atoms with van der Waals surface area (Å²) in [6.07, 6.45) is 14.5. The Morgan fingerprint density at radius 1 is 0.843 bits per heavy atom. The van der Waals surface area contributed by atoms with Gasteiger partial charge in [0.05, 0.1) is 23.6 Å². The summed E-state index contributed by atoms with van der Waals surface area (Å²) in [6, 6.07) is -1.77. The maximum Gasteiger partial charge on any atom is 0.329 e. The molecule has 5 aliphatic rings. The molecule has 2 bridgehead atoms. The Bertz CT molecular complexity index is 2030. The molecule has 0 aromatic heterocycles. The van der Waals surface area contributed by atoms with Crippen molar-refractivity contribution in [2.45, 2.75) is 205 Å². The molecule has 2 saturated heterocycles. The van der Waals surface area contributed by atoms with E-state index in [0.717, 1.165) is 6.42 Å². The highest BCUT2D eigenvalue weighted by Gasteiger charge is 2.53. The van der Waals surface area contributed by atoms with Crippen LogP contribution in [0.5, 0.6) is 0 Å². The van der Waals surface area contributed by atoms with Crippen molar-refractivity contribution in [3.8, 4) is 0 Å². The summed E-state index contributed by atoms with van der Waals surface area (Å²) in [5.41, 5.74) is 1.30. The number of amides is 1. The number of hydrogen-bond donors (Lipinski definition) is 3. The highest BCUT2D eigenvalue weighted by molar-refractivity contribution is 7.90. The first-order chi connectivity index (χ1) is 33.0. The van der Waals surface area contributed by atoms with Crippen molar-refractivity contribution in [3.63, 3.8) is 0 Å². The molecule has 15 nitrogen and oxygen atoms in total. The van der Waals surface area contributed by atoms with Gasteiger partial charge in [-0.25, -0.2) is 13.2 Å². The molecule has 1 amide bonds. The molecule has 3 aliphatic heterocycles. The Morgan fingerprint density at radius 3 is 2.23 bits per heavy atom. The second kappa shape index (κ2) is 25.7. The van der Waals surface area contributed by atoms with Crippen molar-refractivity contribution in [1.82, 2.24) is 9.21 Å². The minimum Gasteiger partial charge on any atom is -0.461 e. The molecule has 4 fully saturated rings. The molecule has 70 heavy (non-hydrogen) atoms. The summed E-state index contributed by atoms with van der Waals surface area (Å²) in [5.74, 6) is -6.78. The summed E-state index contributed by atoms with van der Waals surface area (Å²) in [6.45, 7) is 13.3. The number of likely N-dealkylation sites (N-methyl/N-ethyl adjacent to an activating group) is 1. The fourth-order valence-electron chi connectivity index (χ4n) is 11.3. The molecular weight excluding hydrogens is 917 g/mol. The van der Waals surface area contributed by atoms with E-state index < -0.39 is 93.2 Å². The van der Waals surface area contributed by atoms with Gasteiger partial charge in [-0.1, -0.05) is 76.6 Å². The number of aliphatic hydroxyl groups is 3. The summed E-state index contributed by atoms with van der Waals surface area (Å²) in [7, 11) is 0.890. The largest absolute Gasteiger partial charge is 0.461 e. The van der Waals surface area contributed by atoms with Crippen LogP contribution in [-0.4, -0.2) is 144 Å². The van der Waals surface area contributed by atoms with Crippen LogP contribution in [0.4, 0.5) is 0 Å². The normalized spacial score (nSPS) is 39.7. The molecule has 3 heterocycles. The Hall–Kier alpha value is -3.09. The number of carbonyl (C=O) groups excluding carboxylic acids is 4. The number of carbonyl (C=O) groups is 4. The van der Waals surface area contributed by atoms with Crippen LogP contribution in [-0.2, 0) is 48.1 Å². The third kappa shape index (κ3) is 14.6. The van der Waals surface area contributed by atoms with Gasteiger partial charge in [0.25, 0.3) is 11.7 Å². The summed E-state index contributed by atoms with van der Waals surface area (Å²) >= 11 is 0. The van der Waals surface area contributed by atoms with Crippen molar-refractivity contribution in [1.29, 1.82) is 0 Å². The first-order valence-corrected chi connectivity index (χ1v) is 27.6. The Labute approximate surface area is 418 Å². The van der Waals surface area contributed by atoms with Crippen LogP contribution < -0.4 is 0 Å². The van der Waals surface area contributed by atoms with Gasteiger partial charge < -0.3 is 39.2 Å². The molecule has 396 valence electrons. The van der Waals surface area contributed by atoms with Gasteiger partial charge in [0.1, 0.15) is 24.4 Å². The highest BCUT2D eigenvalue weighted by atomic mass is 32.2. The van der Waals surface area contributed by atoms with Gasteiger partial charge in [-0.15, -0.1) is 0 Å². The highest BCUT2D eigenvalue weighted by Crippen LogP contribution is 2.39. The number of ketones is 2. The molecule has 16 heteroatoms. The van der Waals surface area contributed by atoms with Crippen LogP contribution in [0, 0.1) is 35.5 Å². The number of hydrogen-bond acceptors (Lipinski definition) is 13. The average molecular weight is 1000 g/mol. The predicted octanol–water partition coefficient (Wildman–Crippen LogP) is 6.78. The quantitative estimate of drug-likeness (QED) is 0.130. The molecule has 2 aliphatic carbocycles. The number of allylic oxidation sites excluding steroid dienone is 6. The standard InChI is InChI=1S/C54H86N2O13S/c1-33-16-12-11-13-17-35(3)44(55(8)70(64,65)42-23-24-42)32-41-22-20-39(7)54(63,69-41)51(60)52(61)56-27-15-14-18-43(56)53(62)68-46(36(4)30-40-21-25-45(57)47(31-40)66-9)26-19-34(2)29-38(6)49(59)50(67-10)48(58)37(5)28-33/h11-13,16-17,29,33-34,36-37,39-47,49-50,57,59,63H,14-15,18-28,30-32H2,1-10H3/b13-11+,16-12+,35-17+,38-29+/t33-,34+,36-,37-,39-,40+,41+,43+,44?,45-,46+,47-,49-,50+,54-/m1/s1. The van der Waals surface area contributed by atoms with Crippen molar-refractivity contribution >= 4 is 33.5 Å². The summed E-state index contributed by atoms with van der Waals surface area (Å²) in [4.78, 5) is 58.4. The van der Waals surface area contributed by atoms with Crippen LogP contribution in [0.2, 0.25) is 0 Å². The monoisotopic (exact) mass is 1000 g/mol. The molecule has 0 spiro atoms. The Balaban J connectivity index is 1.49. The van der Waals surface area contributed by atoms with Crippen molar-refractivity contribution in [2.75, 3.05) is 27.8 Å². The first-order valence-electron chi connectivity index (χ1n) is 26.1. The van der Waals surface area contributed by atoms with Gasteiger partial charge in [0, 0.05) is 45.7 Å². The maximum absolute atomic E-state index is 14.5. The molecule has 5 rings (SSSR count). The fraction of sp³-hybridized carbons (Fsp3) is 0.778. The number of aliphatic hydroxyl groups excluding tert-OH is 2. The summed E-state index contributed by atoms with van der Waals surface area (Å²) in [5, 5.41) is 33.7. The molecule has 0 radical (unpaired) electrons. The van der Waals surface area contributed by atoms with Crippen LogP contribution in [0.25, 0.3) is 0 Å². The lowest BCUT2D eigenvalue weighted by Crippen LogP contribution is -2.61. The van der Waals surface area contributed by atoms with Crippen molar-refractivity contribution in [3.05, 3.63) is 47.6 Å². The van der Waals surface area contributed by atoms with Gasteiger partial charge >= 0.3 is 5.97 Å². The first kappa shape index (κ1) is 57.8. The number of methoxy groups -OCH3 is 2. The Morgan fingerprint density at radius 2 is 1.56 bits per heavy atom. The predicted molar refractivity (Wildman–Crippen MR) is 267 cm³/mol. The van der Waals surface area contributed by atoms with Gasteiger partial charge in [-0.3, -0.25) is 14.4 Å². The zero-order chi connectivity index (χ0) is 51.7. The van der Waals surface area contributed by atoms with Crippen LogP contribution in [0.15, 0.2) is 47.6 Å². The van der Waals surface area contributed by atoms with E-state index in [1.54, 1.807) is 28.0 Å². The minimum atomic E-state index is -3.68. The average Bonchev–Trinajstić information content (AvgIpc) is 4.19. The molecule has 0 aromatic carbocycles. The van der Waals surface area contributed by atoms with Gasteiger partial charge in [0.2, 0.25) is 15.8 Å². The number of fused-ring (bicyclic) bond motifs is 3. The number of nitrogens with zero attached hydrogens (tertiary/aromatic N) is 2. The number of sulfonamides is 1. The SMILES string of the molecule is CO[C@@H]1C[C@H](C[C@@H](C)[C@@H]2CC[C@H](C)/C=C(\C)[C@@H](O)[C@@H](OC)C(=O)[C@H](C)C[C@H](C)/C=C/C=C/C=C(\C)C(N(C)S(=O)(=O)C3CC3)C[C@@H]3CC[C@@H](C)[C@@](O)(O3)C(=O)C(=O)N3CCCC[C@H]3C(=O)O2)CC[C@H]1O. The number of esters is 1. The van der Waals surface area contributed by atoms with Crippen molar-refractivity contribution in [2.24, 2.45) is 35.5 Å². The topological polar surface area (TPSA) is 207 Å². The van der Waals surface area contributed by atoms with Gasteiger partial charge in [-0.05, 0) is 139 Å². The second-order valence-corrected chi connectivity index (χ2v) is 24.0. The number of ether oxygens (including phenoxy) is 4. The molecular formula is C54H86N2O13S. The number of piperidine rings is 1. The van der Waals surface area contributed by atoms with E-state index in [1.807, 2.05) is 71.1 Å². The lowest BCUT2D eigenvalue weighted by atomic mass is 9.78. The summed E-state index contributed by atoms with van der Waals surface area (Å²) < 4.78 is 52.7. The second-order valence-electron chi connectivity index (χ2n) is 21.7. The molecule has 15 atom stereocenters. The molecule has 0 aromatic rings. The zero-order valence-electron chi connectivity index (χ0n) is 43.7. The van der Waals surface area contributed by atoms with E-state index in [2.05, 4.69) is 0 Å². The van der Waals surface area contributed by atoms with Crippen LogP contribution in [0.1, 0.15) is 145 Å². The number of cyclic esters (lactones) is 1. The van der Waals surface area contributed by atoms with Crippen LogP contribution in [0.3, 0.4) is 0 Å². The number of rotatable bonds is 8. The van der Waals surface area contributed by atoms with E-state index >= 15 is 0 Å². The molecule has 3 N–H and O–H groups in total. The van der Waals surface area contributed by atoms with E-state index in [-0.39, 0.29) is 54.9 Å². The Kier molecular flexibility index (Phi) is 21.2. The maximum atomic E-state index is 14.5. The molecule has 2 saturated carbocycles.